The van der Waals surface area contributed by atoms with Gasteiger partial charge in [0.25, 0.3) is 5.91 Å². The van der Waals surface area contributed by atoms with Crippen molar-refractivity contribution in [3.05, 3.63) is 35.9 Å². The van der Waals surface area contributed by atoms with Crippen LogP contribution in [0.1, 0.15) is 49.4 Å². The summed E-state index contributed by atoms with van der Waals surface area (Å²) in [6.07, 6.45) is 2.67. The average molecular weight is 275 g/mol. The van der Waals surface area contributed by atoms with Crippen molar-refractivity contribution in [2.45, 2.75) is 39.0 Å². The number of ketones is 2. The van der Waals surface area contributed by atoms with E-state index in [1.165, 1.54) is 6.92 Å². The van der Waals surface area contributed by atoms with E-state index in [0.717, 1.165) is 12.8 Å². The van der Waals surface area contributed by atoms with Crippen molar-refractivity contribution in [2.24, 2.45) is 0 Å². The van der Waals surface area contributed by atoms with Gasteiger partial charge in [-0.25, -0.2) is 0 Å². The maximum Gasteiger partial charge on any atom is 0.251 e. The Balaban J connectivity index is 2.09. The minimum Gasteiger partial charge on any atom is -0.352 e. The number of carbonyl (C=O) groups is 3. The van der Waals surface area contributed by atoms with Crippen LogP contribution in [0.4, 0.5) is 0 Å². The molecule has 0 aliphatic heterocycles. The summed E-state index contributed by atoms with van der Waals surface area (Å²) in [4.78, 5) is 33.9. The van der Waals surface area contributed by atoms with Crippen LogP contribution < -0.4 is 5.32 Å². The maximum absolute atomic E-state index is 11.7. The lowest BCUT2D eigenvalue weighted by Gasteiger charge is -2.05. The molecule has 1 aromatic carbocycles. The fourth-order valence-electron chi connectivity index (χ4n) is 1.78. The van der Waals surface area contributed by atoms with Crippen molar-refractivity contribution in [3.63, 3.8) is 0 Å². The molecule has 1 amide bonds. The Labute approximate surface area is 119 Å². The standard InChI is InChI=1S/C16H21NO3/c1-13(18)10-11-15(19)9-5-6-12-17-16(20)14-7-3-2-4-8-14/h2-4,7-8H,5-6,9-12H2,1H3,(H,17,20). The lowest BCUT2D eigenvalue weighted by Crippen LogP contribution is -2.24. The molecule has 0 fully saturated rings. The molecule has 0 atom stereocenters. The summed E-state index contributed by atoms with van der Waals surface area (Å²) in [6.45, 7) is 2.06. The van der Waals surface area contributed by atoms with Crippen molar-refractivity contribution < 1.29 is 14.4 Å². The molecule has 4 nitrogen and oxygen atoms in total. The van der Waals surface area contributed by atoms with Gasteiger partial charge < -0.3 is 10.1 Å². The van der Waals surface area contributed by atoms with Gasteiger partial charge in [0.05, 0.1) is 0 Å². The molecule has 0 saturated heterocycles. The van der Waals surface area contributed by atoms with E-state index >= 15 is 0 Å². The van der Waals surface area contributed by atoms with E-state index in [9.17, 15) is 14.4 Å². The summed E-state index contributed by atoms with van der Waals surface area (Å²) in [5.74, 6) is 0.0802. The molecule has 1 aromatic rings. The van der Waals surface area contributed by atoms with Crippen molar-refractivity contribution in [3.8, 4) is 0 Å². The second-order valence-electron chi connectivity index (χ2n) is 4.82. The van der Waals surface area contributed by atoms with Crippen LogP contribution in [0.15, 0.2) is 30.3 Å². The molecule has 1 rings (SSSR count). The zero-order valence-corrected chi connectivity index (χ0v) is 11.9. The van der Waals surface area contributed by atoms with Gasteiger partial charge in [0.1, 0.15) is 11.6 Å². The molecule has 0 bridgehead atoms. The van der Waals surface area contributed by atoms with Gasteiger partial charge in [-0.1, -0.05) is 18.2 Å². The molecule has 1 N–H and O–H groups in total. The molecule has 4 heteroatoms. The Hall–Kier alpha value is -1.97. The number of amides is 1. The lowest BCUT2D eigenvalue weighted by molar-refractivity contribution is -0.123. The highest BCUT2D eigenvalue weighted by molar-refractivity contribution is 5.94. The summed E-state index contributed by atoms with van der Waals surface area (Å²) in [7, 11) is 0. The number of rotatable bonds is 9. The van der Waals surface area contributed by atoms with E-state index < -0.39 is 0 Å². The van der Waals surface area contributed by atoms with E-state index in [2.05, 4.69) is 5.32 Å². The van der Waals surface area contributed by atoms with Gasteiger partial charge in [-0.05, 0) is 31.9 Å². The van der Waals surface area contributed by atoms with Crippen LogP contribution in [0.5, 0.6) is 0 Å². The Morgan fingerprint density at radius 1 is 0.950 bits per heavy atom. The first kappa shape index (κ1) is 16.1. The third-order valence-electron chi connectivity index (χ3n) is 2.96. The third-order valence-corrected chi connectivity index (χ3v) is 2.96. The van der Waals surface area contributed by atoms with Gasteiger partial charge in [0.2, 0.25) is 0 Å². The summed E-state index contributed by atoms with van der Waals surface area (Å²) in [5.41, 5.74) is 0.644. The Bertz CT molecular complexity index is 454. The van der Waals surface area contributed by atoms with Gasteiger partial charge in [0, 0.05) is 31.4 Å². The smallest absolute Gasteiger partial charge is 0.251 e. The highest BCUT2D eigenvalue weighted by Gasteiger charge is 2.05. The fourth-order valence-corrected chi connectivity index (χ4v) is 1.78. The normalized spacial score (nSPS) is 10.1. The molecule has 0 spiro atoms. The van der Waals surface area contributed by atoms with Gasteiger partial charge >= 0.3 is 0 Å². The highest BCUT2D eigenvalue weighted by atomic mass is 16.1. The van der Waals surface area contributed by atoms with Crippen LogP contribution in [-0.2, 0) is 9.59 Å². The second kappa shape index (κ2) is 9.02. The van der Waals surface area contributed by atoms with Crippen LogP contribution in [-0.4, -0.2) is 24.0 Å². The first-order valence-electron chi connectivity index (χ1n) is 6.94. The topological polar surface area (TPSA) is 63.2 Å². The quantitative estimate of drug-likeness (QED) is 0.704. The Morgan fingerprint density at radius 2 is 1.65 bits per heavy atom. The van der Waals surface area contributed by atoms with Crippen LogP contribution in [0, 0.1) is 0 Å². The first-order chi connectivity index (χ1) is 9.59. The van der Waals surface area contributed by atoms with Gasteiger partial charge in [-0.2, -0.15) is 0 Å². The molecular formula is C16H21NO3. The van der Waals surface area contributed by atoms with E-state index in [4.69, 9.17) is 0 Å². The molecule has 0 heterocycles. The number of nitrogens with one attached hydrogen (secondary N) is 1. The van der Waals surface area contributed by atoms with Crippen LogP contribution in [0.2, 0.25) is 0 Å². The van der Waals surface area contributed by atoms with Crippen LogP contribution in [0.25, 0.3) is 0 Å². The van der Waals surface area contributed by atoms with E-state index in [-0.39, 0.29) is 17.5 Å². The minimum atomic E-state index is -0.0893. The molecule has 0 unspecified atom stereocenters. The molecule has 0 radical (unpaired) electrons. The molecule has 0 aromatic heterocycles. The number of benzene rings is 1. The molecule has 20 heavy (non-hydrogen) atoms. The van der Waals surface area contributed by atoms with Crippen molar-refractivity contribution in [1.29, 1.82) is 0 Å². The molecule has 0 aliphatic carbocycles. The maximum atomic E-state index is 11.7. The summed E-state index contributed by atoms with van der Waals surface area (Å²) in [5, 5.41) is 2.82. The third kappa shape index (κ3) is 6.83. The number of Topliss-reactive ketones (excluding diaryl/α,β-unsaturated/α-hetero) is 2. The molecule has 0 aliphatic rings. The number of hydrogen-bond acceptors (Lipinski definition) is 3. The van der Waals surface area contributed by atoms with Gasteiger partial charge in [-0.3, -0.25) is 9.59 Å². The highest BCUT2D eigenvalue weighted by Crippen LogP contribution is 2.02. The average Bonchev–Trinajstić information content (AvgIpc) is 2.45. The van der Waals surface area contributed by atoms with Gasteiger partial charge in [-0.15, -0.1) is 0 Å². The Morgan fingerprint density at radius 3 is 2.30 bits per heavy atom. The number of unbranched alkanes of at least 4 members (excludes halogenated alkanes) is 1. The van der Waals surface area contributed by atoms with Gasteiger partial charge in [0.15, 0.2) is 0 Å². The predicted molar refractivity (Wildman–Crippen MR) is 77.5 cm³/mol. The first-order valence-corrected chi connectivity index (χ1v) is 6.94. The SMILES string of the molecule is CC(=O)CCC(=O)CCCCNC(=O)c1ccccc1. The monoisotopic (exact) mass is 275 g/mol. The zero-order chi connectivity index (χ0) is 14.8. The van der Waals surface area contributed by atoms with Crippen molar-refractivity contribution in [2.75, 3.05) is 6.54 Å². The number of carbonyl (C=O) groups excluding carboxylic acids is 3. The Kier molecular flexibility index (Phi) is 7.25. The zero-order valence-electron chi connectivity index (χ0n) is 11.9. The van der Waals surface area contributed by atoms with E-state index in [1.54, 1.807) is 12.1 Å². The van der Waals surface area contributed by atoms with E-state index in [1.807, 2.05) is 18.2 Å². The lowest BCUT2D eigenvalue weighted by atomic mass is 10.1. The van der Waals surface area contributed by atoms with Crippen LogP contribution >= 0.6 is 0 Å². The van der Waals surface area contributed by atoms with Crippen molar-refractivity contribution >= 4 is 17.5 Å². The predicted octanol–water partition coefficient (Wildman–Crippen LogP) is 2.53. The molecule has 0 saturated carbocycles. The second-order valence-corrected chi connectivity index (χ2v) is 4.82. The minimum absolute atomic E-state index is 0.0495. The van der Waals surface area contributed by atoms with Crippen molar-refractivity contribution in [1.82, 2.24) is 5.32 Å². The fraction of sp³-hybridized carbons (Fsp3) is 0.438. The summed E-state index contributed by atoms with van der Waals surface area (Å²) < 4.78 is 0. The number of hydrogen-bond donors (Lipinski definition) is 1. The summed E-state index contributed by atoms with van der Waals surface area (Å²) >= 11 is 0. The largest absolute Gasteiger partial charge is 0.352 e. The molecular weight excluding hydrogens is 254 g/mol. The summed E-state index contributed by atoms with van der Waals surface area (Å²) in [6, 6.07) is 9.04. The molecule has 108 valence electrons. The van der Waals surface area contributed by atoms with E-state index in [0.29, 0.717) is 31.4 Å². The van der Waals surface area contributed by atoms with Crippen LogP contribution in [0.3, 0.4) is 0 Å².